The van der Waals surface area contributed by atoms with E-state index in [0.29, 0.717) is 11.5 Å². The topological polar surface area (TPSA) is 59.4 Å². The first-order valence-corrected chi connectivity index (χ1v) is 6.18. The fraction of sp³-hybridized carbons (Fsp3) is 0.333. The number of hydrogen-bond donors (Lipinski definition) is 1. The number of hydrogen-bond acceptors (Lipinski definition) is 4. The van der Waals surface area contributed by atoms with E-state index in [1.54, 1.807) is 18.3 Å². The number of esters is 1. The van der Waals surface area contributed by atoms with Gasteiger partial charge in [0.2, 0.25) is 0 Å². The number of ether oxygens (including phenoxy) is 1. The minimum atomic E-state index is -1.25. The first kappa shape index (κ1) is 13.5. The van der Waals surface area contributed by atoms with Crippen molar-refractivity contribution in [2.45, 2.75) is 25.9 Å². The zero-order valence-electron chi connectivity index (χ0n) is 11.3. The van der Waals surface area contributed by atoms with E-state index in [9.17, 15) is 9.90 Å². The van der Waals surface area contributed by atoms with Crippen LogP contribution in [0.15, 0.2) is 30.6 Å². The van der Waals surface area contributed by atoms with Crippen LogP contribution in [0.2, 0.25) is 0 Å². The summed E-state index contributed by atoms with van der Waals surface area (Å²) in [5.74, 6) is -0.292. The second-order valence-corrected chi connectivity index (χ2v) is 4.79. The number of methoxy groups -OCH3 is 1. The van der Waals surface area contributed by atoms with Gasteiger partial charge in [0.1, 0.15) is 0 Å². The van der Waals surface area contributed by atoms with Crippen molar-refractivity contribution in [1.29, 1.82) is 0 Å². The molecule has 1 atom stereocenters. The van der Waals surface area contributed by atoms with Crippen molar-refractivity contribution in [2.24, 2.45) is 0 Å². The van der Waals surface area contributed by atoms with Crippen LogP contribution in [0.4, 0.5) is 0 Å². The zero-order chi connectivity index (χ0) is 14.0. The monoisotopic (exact) mass is 259 g/mol. The molecule has 0 bridgehead atoms. The standard InChI is InChI=1S/C15H17NO3/c1-9(2)13-8-16-7-11-6-10(4-5-12(11)13)14(17)15(18)19-3/h4-9,14,17H,1-3H3. The Hall–Kier alpha value is -1.94. The first-order valence-electron chi connectivity index (χ1n) is 6.18. The molecule has 1 aromatic heterocycles. The molecule has 19 heavy (non-hydrogen) atoms. The summed E-state index contributed by atoms with van der Waals surface area (Å²) in [6.07, 6.45) is 2.33. The number of aliphatic hydroxyl groups is 1. The molecular weight excluding hydrogens is 242 g/mol. The van der Waals surface area contributed by atoms with E-state index in [1.165, 1.54) is 7.11 Å². The molecule has 0 saturated heterocycles. The number of rotatable bonds is 3. The highest BCUT2D eigenvalue weighted by atomic mass is 16.5. The Kier molecular flexibility index (Phi) is 3.81. The molecule has 4 nitrogen and oxygen atoms in total. The average Bonchev–Trinajstić information content (AvgIpc) is 2.44. The number of aliphatic hydroxyl groups excluding tert-OH is 1. The van der Waals surface area contributed by atoms with Gasteiger partial charge in [-0.25, -0.2) is 4.79 Å². The van der Waals surface area contributed by atoms with E-state index >= 15 is 0 Å². The molecule has 0 spiro atoms. The Morgan fingerprint density at radius 3 is 2.68 bits per heavy atom. The number of pyridine rings is 1. The first-order chi connectivity index (χ1) is 9.04. The molecule has 2 rings (SSSR count). The normalized spacial score (nSPS) is 12.7. The average molecular weight is 259 g/mol. The Morgan fingerprint density at radius 2 is 2.05 bits per heavy atom. The Balaban J connectivity index is 2.50. The third-order valence-electron chi connectivity index (χ3n) is 3.18. The van der Waals surface area contributed by atoms with Crippen molar-refractivity contribution < 1.29 is 14.6 Å². The molecule has 0 amide bonds. The summed E-state index contributed by atoms with van der Waals surface area (Å²) in [5.41, 5.74) is 1.67. The van der Waals surface area contributed by atoms with Crippen molar-refractivity contribution in [1.82, 2.24) is 4.98 Å². The Labute approximate surface area is 112 Å². The van der Waals surface area contributed by atoms with Crippen LogP contribution in [0.3, 0.4) is 0 Å². The summed E-state index contributed by atoms with van der Waals surface area (Å²) in [4.78, 5) is 15.5. The second-order valence-electron chi connectivity index (χ2n) is 4.79. The lowest BCUT2D eigenvalue weighted by Crippen LogP contribution is -2.13. The molecule has 2 aromatic rings. The summed E-state index contributed by atoms with van der Waals surface area (Å²) < 4.78 is 4.54. The van der Waals surface area contributed by atoms with Gasteiger partial charge < -0.3 is 9.84 Å². The highest BCUT2D eigenvalue weighted by Gasteiger charge is 2.18. The number of carbonyl (C=O) groups excluding carboxylic acids is 1. The van der Waals surface area contributed by atoms with Gasteiger partial charge in [-0.3, -0.25) is 4.98 Å². The van der Waals surface area contributed by atoms with E-state index < -0.39 is 12.1 Å². The Bertz CT molecular complexity index is 607. The molecule has 0 radical (unpaired) electrons. The SMILES string of the molecule is COC(=O)C(O)c1ccc2c(C(C)C)cncc2c1. The van der Waals surface area contributed by atoms with Gasteiger partial charge in [-0.05, 0) is 28.5 Å². The summed E-state index contributed by atoms with van der Waals surface area (Å²) in [7, 11) is 1.25. The highest BCUT2D eigenvalue weighted by molar-refractivity contribution is 5.87. The minimum Gasteiger partial charge on any atom is -0.467 e. The number of aromatic nitrogens is 1. The molecule has 4 heteroatoms. The quantitative estimate of drug-likeness (QED) is 0.861. The van der Waals surface area contributed by atoms with Crippen molar-refractivity contribution in [3.8, 4) is 0 Å². The second kappa shape index (κ2) is 5.36. The predicted molar refractivity (Wildman–Crippen MR) is 72.8 cm³/mol. The third kappa shape index (κ3) is 2.58. The molecule has 1 heterocycles. The van der Waals surface area contributed by atoms with Crippen LogP contribution < -0.4 is 0 Å². The lowest BCUT2D eigenvalue weighted by Gasteiger charge is -2.12. The largest absolute Gasteiger partial charge is 0.467 e. The van der Waals surface area contributed by atoms with E-state index in [-0.39, 0.29) is 0 Å². The van der Waals surface area contributed by atoms with Gasteiger partial charge in [0.15, 0.2) is 6.10 Å². The van der Waals surface area contributed by atoms with Crippen molar-refractivity contribution in [3.05, 3.63) is 41.7 Å². The number of benzene rings is 1. The molecule has 0 saturated carbocycles. The molecule has 0 aliphatic heterocycles. The van der Waals surface area contributed by atoms with Crippen molar-refractivity contribution in [3.63, 3.8) is 0 Å². The maximum absolute atomic E-state index is 11.3. The molecule has 0 fully saturated rings. The van der Waals surface area contributed by atoms with E-state index in [1.807, 2.05) is 12.3 Å². The number of fused-ring (bicyclic) bond motifs is 1. The lowest BCUT2D eigenvalue weighted by atomic mass is 9.96. The van der Waals surface area contributed by atoms with Crippen LogP contribution in [-0.4, -0.2) is 23.2 Å². The summed E-state index contributed by atoms with van der Waals surface area (Å²) in [6, 6.07) is 5.43. The fourth-order valence-corrected chi connectivity index (χ4v) is 2.10. The summed E-state index contributed by atoms with van der Waals surface area (Å²) >= 11 is 0. The van der Waals surface area contributed by atoms with E-state index in [2.05, 4.69) is 23.6 Å². The van der Waals surface area contributed by atoms with Gasteiger partial charge in [-0.2, -0.15) is 0 Å². The van der Waals surface area contributed by atoms with Gasteiger partial charge in [-0.15, -0.1) is 0 Å². The maximum atomic E-state index is 11.3. The smallest absolute Gasteiger partial charge is 0.339 e. The highest BCUT2D eigenvalue weighted by Crippen LogP contribution is 2.27. The van der Waals surface area contributed by atoms with Gasteiger partial charge in [0.25, 0.3) is 0 Å². The molecule has 1 aromatic carbocycles. The van der Waals surface area contributed by atoms with Gasteiger partial charge in [0.05, 0.1) is 7.11 Å². The van der Waals surface area contributed by atoms with Crippen LogP contribution >= 0.6 is 0 Å². The minimum absolute atomic E-state index is 0.368. The van der Waals surface area contributed by atoms with E-state index in [0.717, 1.165) is 16.3 Å². The number of nitrogens with zero attached hydrogens (tertiary/aromatic N) is 1. The van der Waals surface area contributed by atoms with Crippen LogP contribution in [0.1, 0.15) is 37.0 Å². The molecule has 0 aliphatic carbocycles. The van der Waals surface area contributed by atoms with Crippen molar-refractivity contribution >= 4 is 16.7 Å². The van der Waals surface area contributed by atoms with Crippen LogP contribution in [-0.2, 0) is 9.53 Å². The van der Waals surface area contributed by atoms with Gasteiger partial charge in [-0.1, -0.05) is 26.0 Å². The van der Waals surface area contributed by atoms with Crippen LogP contribution in [0.5, 0.6) is 0 Å². The molecule has 1 N–H and O–H groups in total. The Morgan fingerprint density at radius 1 is 1.32 bits per heavy atom. The molecule has 1 unspecified atom stereocenters. The fourth-order valence-electron chi connectivity index (χ4n) is 2.10. The molecular formula is C15H17NO3. The van der Waals surface area contributed by atoms with Crippen LogP contribution in [0.25, 0.3) is 10.8 Å². The summed E-state index contributed by atoms with van der Waals surface area (Å²) in [5, 5.41) is 11.8. The van der Waals surface area contributed by atoms with Gasteiger partial charge >= 0.3 is 5.97 Å². The van der Waals surface area contributed by atoms with E-state index in [4.69, 9.17) is 0 Å². The van der Waals surface area contributed by atoms with Crippen molar-refractivity contribution in [2.75, 3.05) is 7.11 Å². The third-order valence-corrected chi connectivity index (χ3v) is 3.18. The molecule has 0 aliphatic rings. The number of carbonyl (C=O) groups is 1. The maximum Gasteiger partial charge on any atom is 0.339 e. The molecule has 100 valence electrons. The van der Waals surface area contributed by atoms with Gasteiger partial charge in [0, 0.05) is 17.8 Å². The summed E-state index contributed by atoms with van der Waals surface area (Å²) in [6.45, 7) is 4.21. The predicted octanol–water partition coefficient (Wildman–Crippen LogP) is 2.56. The van der Waals surface area contributed by atoms with Crippen LogP contribution in [0, 0.1) is 0 Å². The lowest BCUT2D eigenvalue weighted by molar-refractivity contribution is -0.150. The zero-order valence-corrected chi connectivity index (χ0v) is 11.3.